The van der Waals surface area contributed by atoms with Crippen LogP contribution in [-0.4, -0.2) is 15.4 Å². The van der Waals surface area contributed by atoms with E-state index in [1.54, 1.807) is 0 Å². The highest BCUT2D eigenvalue weighted by Crippen LogP contribution is 2.23. The highest BCUT2D eigenvalue weighted by molar-refractivity contribution is 7.09. The van der Waals surface area contributed by atoms with Gasteiger partial charge in [-0.05, 0) is 13.3 Å². The first kappa shape index (κ1) is 12.4. The fourth-order valence-corrected chi connectivity index (χ4v) is 2.17. The summed E-state index contributed by atoms with van der Waals surface area (Å²) in [5.41, 5.74) is 0.0461. The smallest absolute Gasteiger partial charge is 0.202 e. The zero-order valence-electron chi connectivity index (χ0n) is 10.3. The first-order valence-corrected chi connectivity index (χ1v) is 6.31. The molecule has 1 aromatic rings. The van der Waals surface area contributed by atoms with Crippen LogP contribution in [0.5, 0.6) is 0 Å². The van der Waals surface area contributed by atoms with Gasteiger partial charge in [-0.2, -0.15) is 4.37 Å². The van der Waals surface area contributed by atoms with Crippen molar-refractivity contribution in [1.29, 1.82) is 0 Å². The Morgan fingerprint density at radius 1 is 1.40 bits per heavy atom. The molecule has 0 aliphatic rings. The van der Waals surface area contributed by atoms with Crippen molar-refractivity contribution in [3.8, 4) is 0 Å². The van der Waals surface area contributed by atoms with Crippen LogP contribution in [0.4, 0.5) is 5.13 Å². The summed E-state index contributed by atoms with van der Waals surface area (Å²) in [6, 6.07) is 0.482. The minimum Gasteiger partial charge on any atom is -0.358 e. The summed E-state index contributed by atoms with van der Waals surface area (Å²) in [6.07, 6.45) is 2.36. The van der Waals surface area contributed by atoms with Crippen molar-refractivity contribution >= 4 is 16.7 Å². The molecule has 0 aliphatic heterocycles. The molecule has 1 atom stereocenters. The molecule has 1 N–H and O–H groups in total. The molecule has 1 heterocycles. The predicted molar refractivity (Wildman–Crippen MR) is 66.6 cm³/mol. The van der Waals surface area contributed by atoms with Crippen molar-refractivity contribution in [1.82, 2.24) is 9.36 Å². The largest absolute Gasteiger partial charge is 0.358 e. The van der Waals surface area contributed by atoms with Gasteiger partial charge in [0.15, 0.2) is 0 Å². The standard InChI is InChI=1S/C11H21N3S/c1-6-7-8(2)12-10-13-9(14-15-10)11(3,4)5/h8H,6-7H2,1-5H3,(H,12,13,14). The SMILES string of the molecule is CCCC(C)Nc1nc(C(C)(C)C)ns1. The average Bonchev–Trinajstić information content (AvgIpc) is 2.52. The summed E-state index contributed by atoms with van der Waals surface area (Å²) < 4.78 is 4.37. The number of aromatic nitrogens is 2. The fourth-order valence-electron chi connectivity index (χ4n) is 1.30. The molecule has 0 aliphatic carbocycles. The normalized spacial score (nSPS) is 13.9. The quantitative estimate of drug-likeness (QED) is 0.856. The second kappa shape index (κ2) is 4.92. The molecule has 1 unspecified atom stereocenters. The number of rotatable bonds is 4. The van der Waals surface area contributed by atoms with E-state index in [0.717, 1.165) is 11.0 Å². The lowest BCUT2D eigenvalue weighted by atomic mass is 9.96. The van der Waals surface area contributed by atoms with Crippen molar-refractivity contribution in [2.45, 2.75) is 58.9 Å². The van der Waals surface area contributed by atoms with Gasteiger partial charge in [-0.15, -0.1) is 0 Å². The molecule has 3 nitrogen and oxygen atoms in total. The van der Waals surface area contributed by atoms with Gasteiger partial charge in [-0.1, -0.05) is 34.1 Å². The van der Waals surface area contributed by atoms with Crippen LogP contribution >= 0.6 is 11.5 Å². The van der Waals surface area contributed by atoms with E-state index in [1.165, 1.54) is 24.4 Å². The van der Waals surface area contributed by atoms with Crippen molar-refractivity contribution < 1.29 is 0 Å². The number of anilines is 1. The van der Waals surface area contributed by atoms with E-state index in [1.807, 2.05) is 0 Å². The maximum absolute atomic E-state index is 4.50. The lowest BCUT2D eigenvalue weighted by Crippen LogP contribution is -2.16. The Kier molecular flexibility index (Phi) is 4.08. The minimum absolute atomic E-state index is 0.0461. The van der Waals surface area contributed by atoms with Crippen molar-refractivity contribution in [3.63, 3.8) is 0 Å². The lowest BCUT2D eigenvalue weighted by molar-refractivity contribution is 0.554. The Hall–Kier alpha value is -0.640. The monoisotopic (exact) mass is 227 g/mol. The topological polar surface area (TPSA) is 37.8 Å². The molecule has 15 heavy (non-hydrogen) atoms. The third-order valence-corrected chi connectivity index (χ3v) is 2.83. The Morgan fingerprint density at radius 2 is 2.07 bits per heavy atom. The molecule has 0 spiro atoms. The van der Waals surface area contributed by atoms with Crippen LogP contribution < -0.4 is 5.32 Å². The summed E-state index contributed by atoms with van der Waals surface area (Å²) in [5, 5.41) is 4.33. The zero-order chi connectivity index (χ0) is 11.5. The zero-order valence-corrected chi connectivity index (χ0v) is 11.1. The molecule has 0 saturated heterocycles. The average molecular weight is 227 g/mol. The van der Waals surface area contributed by atoms with Gasteiger partial charge in [0.05, 0.1) is 0 Å². The van der Waals surface area contributed by atoms with E-state index in [-0.39, 0.29) is 5.41 Å². The van der Waals surface area contributed by atoms with Gasteiger partial charge in [0.1, 0.15) is 5.82 Å². The lowest BCUT2D eigenvalue weighted by Gasteiger charge is -2.13. The first-order valence-electron chi connectivity index (χ1n) is 5.54. The third kappa shape index (κ3) is 3.78. The molecule has 86 valence electrons. The van der Waals surface area contributed by atoms with Crippen LogP contribution in [0.2, 0.25) is 0 Å². The summed E-state index contributed by atoms with van der Waals surface area (Å²) in [4.78, 5) is 4.50. The van der Waals surface area contributed by atoms with E-state index in [9.17, 15) is 0 Å². The highest BCUT2D eigenvalue weighted by atomic mass is 32.1. The van der Waals surface area contributed by atoms with Crippen LogP contribution in [0.15, 0.2) is 0 Å². The van der Waals surface area contributed by atoms with E-state index >= 15 is 0 Å². The van der Waals surface area contributed by atoms with Crippen LogP contribution in [0.25, 0.3) is 0 Å². The molecule has 0 saturated carbocycles. The van der Waals surface area contributed by atoms with Crippen molar-refractivity contribution in [2.75, 3.05) is 5.32 Å². The maximum Gasteiger partial charge on any atom is 0.202 e. The summed E-state index contributed by atoms with van der Waals surface area (Å²) in [5.74, 6) is 0.929. The highest BCUT2D eigenvalue weighted by Gasteiger charge is 2.19. The minimum atomic E-state index is 0.0461. The molecular weight excluding hydrogens is 206 g/mol. The molecule has 1 rings (SSSR count). The van der Waals surface area contributed by atoms with E-state index in [2.05, 4.69) is 49.3 Å². The predicted octanol–water partition coefficient (Wildman–Crippen LogP) is 3.44. The number of hydrogen-bond acceptors (Lipinski definition) is 4. The second-order valence-electron chi connectivity index (χ2n) is 5.01. The Morgan fingerprint density at radius 3 is 2.53 bits per heavy atom. The molecular formula is C11H21N3S. The first-order chi connectivity index (χ1) is 6.93. The summed E-state index contributed by atoms with van der Waals surface area (Å²) in [7, 11) is 0. The Balaban J connectivity index is 2.61. The van der Waals surface area contributed by atoms with Crippen LogP contribution in [0.1, 0.15) is 53.3 Å². The molecule has 1 aromatic heterocycles. The van der Waals surface area contributed by atoms with Gasteiger partial charge >= 0.3 is 0 Å². The van der Waals surface area contributed by atoms with Gasteiger partial charge in [0.25, 0.3) is 0 Å². The van der Waals surface area contributed by atoms with E-state index in [4.69, 9.17) is 0 Å². The third-order valence-electron chi connectivity index (χ3n) is 2.19. The van der Waals surface area contributed by atoms with Crippen LogP contribution in [0, 0.1) is 0 Å². The van der Waals surface area contributed by atoms with E-state index in [0.29, 0.717) is 6.04 Å². The molecule has 0 aromatic carbocycles. The number of hydrogen-bond donors (Lipinski definition) is 1. The van der Waals surface area contributed by atoms with Gasteiger partial charge in [-0.25, -0.2) is 4.98 Å². The molecule has 0 amide bonds. The molecule has 0 bridgehead atoms. The Labute approximate surface area is 96.5 Å². The van der Waals surface area contributed by atoms with Crippen molar-refractivity contribution in [3.05, 3.63) is 5.82 Å². The molecule has 4 heteroatoms. The maximum atomic E-state index is 4.50. The molecule has 0 fully saturated rings. The summed E-state index contributed by atoms with van der Waals surface area (Å²) >= 11 is 1.46. The molecule has 0 radical (unpaired) electrons. The van der Waals surface area contributed by atoms with Gasteiger partial charge < -0.3 is 5.32 Å². The van der Waals surface area contributed by atoms with E-state index < -0.39 is 0 Å². The number of nitrogens with one attached hydrogen (secondary N) is 1. The van der Waals surface area contributed by atoms with Crippen molar-refractivity contribution in [2.24, 2.45) is 0 Å². The number of nitrogens with zero attached hydrogens (tertiary/aromatic N) is 2. The van der Waals surface area contributed by atoms with Crippen LogP contribution in [0.3, 0.4) is 0 Å². The summed E-state index contributed by atoms with van der Waals surface area (Å²) in [6.45, 7) is 10.8. The van der Waals surface area contributed by atoms with Gasteiger partial charge in [-0.3, -0.25) is 0 Å². The van der Waals surface area contributed by atoms with Gasteiger partial charge in [0.2, 0.25) is 5.13 Å². The second-order valence-corrected chi connectivity index (χ2v) is 5.76. The van der Waals surface area contributed by atoms with Gasteiger partial charge in [0, 0.05) is 23.0 Å². The Bertz CT molecular complexity index is 301. The van der Waals surface area contributed by atoms with Crippen LogP contribution in [-0.2, 0) is 5.41 Å². The fraction of sp³-hybridized carbons (Fsp3) is 0.818.